The number of hydrogen-bond acceptors (Lipinski definition) is 4. The number of rotatable bonds is 7. The summed E-state index contributed by atoms with van der Waals surface area (Å²) in [6.45, 7) is 5.24. The van der Waals surface area contributed by atoms with Crippen LogP contribution in [0.4, 0.5) is 0 Å². The van der Waals surface area contributed by atoms with Crippen LogP contribution in [-0.4, -0.2) is 31.0 Å². The third-order valence-electron chi connectivity index (χ3n) is 4.08. The fourth-order valence-corrected chi connectivity index (χ4v) is 3.90. The molecule has 1 heterocycles. The van der Waals surface area contributed by atoms with Crippen LogP contribution in [-0.2, 0) is 17.6 Å². The van der Waals surface area contributed by atoms with Gasteiger partial charge in [-0.3, -0.25) is 0 Å². The van der Waals surface area contributed by atoms with E-state index in [4.69, 9.17) is 4.74 Å². The van der Waals surface area contributed by atoms with Gasteiger partial charge in [-0.1, -0.05) is 0 Å². The van der Waals surface area contributed by atoms with Crippen molar-refractivity contribution in [3.8, 4) is 0 Å². The summed E-state index contributed by atoms with van der Waals surface area (Å²) in [6.07, 6.45) is 5.81. The van der Waals surface area contributed by atoms with Gasteiger partial charge in [0.15, 0.2) is 0 Å². The zero-order valence-corrected chi connectivity index (χ0v) is 13.7. The number of hydrogen-bond donors (Lipinski definition) is 2. The lowest BCUT2D eigenvalue weighted by Crippen LogP contribution is -2.39. The zero-order chi connectivity index (χ0) is 14.6. The first-order chi connectivity index (χ1) is 9.52. The minimum absolute atomic E-state index is 0.305. The Bertz CT molecular complexity index is 405. The van der Waals surface area contributed by atoms with Gasteiger partial charge in [-0.15, -0.1) is 11.3 Å². The van der Waals surface area contributed by atoms with E-state index in [9.17, 15) is 5.11 Å². The molecule has 3 nitrogen and oxygen atoms in total. The van der Waals surface area contributed by atoms with E-state index in [2.05, 4.69) is 18.3 Å². The maximum atomic E-state index is 10.3. The molecular formula is C16H27NO2S. The van der Waals surface area contributed by atoms with Gasteiger partial charge in [0.05, 0.1) is 5.60 Å². The Kier molecular flexibility index (Phi) is 5.61. The molecule has 0 spiro atoms. The molecule has 0 bridgehead atoms. The number of aryl methyl sites for hydroxylation is 2. The molecule has 2 N–H and O–H groups in total. The van der Waals surface area contributed by atoms with Gasteiger partial charge in [-0.25, -0.2) is 0 Å². The molecule has 1 aromatic heterocycles. The summed E-state index contributed by atoms with van der Waals surface area (Å²) >= 11 is 1.94. The summed E-state index contributed by atoms with van der Waals surface area (Å²) in [5.41, 5.74) is 0.845. The molecule has 0 saturated heterocycles. The maximum Gasteiger partial charge on any atom is 0.0765 e. The molecule has 0 aliphatic heterocycles. The van der Waals surface area contributed by atoms with E-state index in [-0.39, 0.29) is 0 Å². The Balaban J connectivity index is 1.88. The SMILES string of the molecule is COCCC(C)(O)CNC(C)c1cc2c(s1)CCCC2. The van der Waals surface area contributed by atoms with Crippen LogP contribution >= 0.6 is 11.3 Å². The van der Waals surface area contributed by atoms with Gasteiger partial charge >= 0.3 is 0 Å². The lowest BCUT2D eigenvalue weighted by Gasteiger charge is -2.25. The summed E-state index contributed by atoms with van der Waals surface area (Å²) in [7, 11) is 1.67. The fourth-order valence-electron chi connectivity index (χ4n) is 2.61. The zero-order valence-electron chi connectivity index (χ0n) is 12.9. The number of fused-ring (bicyclic) bond motifs is 1. The van der Waals surface area contributed by atoms with E-state index < -0.39 is 5.60 Å². The first kappa shape index (κ1) is 16.0. The van der Waals surface area contributed by atoms with E-state index in [0.717, 1.165) is 0 Å². The van der Waals surface area contributed by atoms with Gasteiger partial charge < -0.3 is 15.2 Å². The van der Waals surface area contributed by atoms with E-state index in [1.54, 1.807) is 17.6 Å². The number of nitrogens with one attached hydrogen (secondary N) is 1. The lowest BCUT2D eigenvalue weighted by molar-refractivity contribution is 0.0232. The largest absolute Gasteiger partial charge is 0.389 e. The van der Waals surface area contributed by atoms with Crippen LogP contribution < -0.4 is 5.32 Å². The van der Waals surface area contributed by atoms with Crippen molar-refractivity contribution in [1.29, 1.82) is 0 Å². The van der Waals surface area contributed by atoms with Gasteiger partial charge in [0, 0.05) is 42.5 Å². The van der Waals surface area contributed by atoms with Crippen molar-refractivity contribution in [2.24, 2.45) is 0 Å². The number of thiophene rings is 1. The van der Waals surface area contributed by atoms with Gasteiger partial charge in [0.2, 0.25) is 0 Å². The van der Waals surface area contributed by atoms with Crippen LogP contribution in [0.5, 0.6) is 0 Å². The Morgan fingerprint density at radius 1 is 1.45 bits per heavy atom. The highest BCUT2D eigenvalue weighted by molar-refractivity contribution is 7.12. The standard InChI is InChI=1S/C16H27NO2S/c1-12(17-11-16(2,18)8-9-19-3)15-10-13-6-4-5-7-14(13)20-15/h10,12,17-18H,4-9,11H2,1-3H3. The molecule has 2 rings (SSSR count). The summed E-state index contributed by atoms with van der Waals surface area (Å²) < 4.78 is 5.04. The van der Waals surface area contributed by atoms with E-state index in [1.807, 2.05) is 18.3 Å². The predicted octanol–water partition coefficient (Wildman–Crippen LogP) is 3.07. The quantitative estimate of drug-likeness (QED) is 0.813. The Hall–Kier alpha value is -0.420. The second-order valence-electron chi connectivity index (χ2n) is 6.15. The molecule has 1 aliphatic carbocycles. The van der Waals surface area contributed by atoms with E-state index >= 15 is 0 Å². The smallest absolute Gasteiger partial charge is 0.0765 e. The van der Waals surface area contributed by atoms with Crippen LogP contribution in [0.15, 0.2) is 6.07 Å². The van der Waals surface area contributed by atoms with Crippen molar-refractivity contribution in [3.05, 3.63) is 21.4 Å². The second kappa shape index (κ2) is 7.03. The van der Waals surface area contributed by atoms with Crippen molar-refractivity contribution in [3.63, 3.8) is 0 Å². The molecule has 0 saturated carbocycles. The van der Waals surface area contributed by atoms with Gasteiger partial charge in [0.1, 0.15) is 0 Å². The lowest BCUT2D eigenvalue weighted by atomic mass is 9.98. The first-order valence-corrected chi connectivity index (χ1v) is 8.40. The number of ether oxygens (including phenoxy) is 1. The summed E-state index contributed by atoms with van der Waals surface area (Å²) in [5, 5.41) is 13.7. The molecule has 0 radical (unpaired) electrons. The summed E-state index contributed by atoms with van der Waals surface area (Å²) in [6, 6.07) is 2.67. The van der Waals surface area contributed by atoms with Crippen molar-refractivity contribution in [1.82, 2.24) is 5.32 Å². The van der Waals surface area contributed by atoms with Gasteiger partial charge in [-0.2, -0.15) is 0 Å². The monoisotopic (exact) mass is 297 g/mol. The second-order valence-corrected chi connectivity index (χ2v) is 7.31. The Morgan fingerprint density at radius 3 is 2.90 bits per heavy atom. The highest BCUT2D eigenvalue weighted by atomic mass is 32.1. The molecule has 0 fully saturated rings. The normalized spacial score (nSPS) is 19.4. The average Bonchev–Trinajstić information content (AvgIpc) is 2.86. The van der Waals surface area contributed by atoms with Gasteiger partial charge in [-0.05, 0) is 51.2 Å². The molecule has 1 aliphatic rings. The molecule has 2 unspecified atom stereocenters. The molecule has 2 atom stereocenters. The van der Waals surface area contributed by atoms with Crippen LogP contribution in [0.2, 0.25) is 0 Å². The molecular weight excluding hydrogens is 270 g/mol. The fraction of sp³-hybridized carbons (Fsp3) is 0.750. The van der Waals surface area contributed by atoms with Crippen molar-refractivity contribution < 1.29 is 9.84 Å². The van der Waals surface area contributed by atoms with E-state index in [1.165, 1.54) is 30.6 Å². The number of aliphatic hydroxyl groups is 1. The Labute approximate surface area is 126 Å². The average molecular weight is 297 g/mol. The molecule has 114 valence electrons. The van der Waals surface area contributed by atoms with Crippen LogP contribution in [0, 0.1) is 0 Å². The summed E-state index contributed by atoms with van der Waals surface area (Å²) in [4.78, 5) is 2.98. The minimum atomic E-state index is -0.707. The van der Waals surface area contributed by atoms with E-state index in [0.29, 0.717) is 25.6 Å². The molecule has 20 heavy (non-hydrogen) atoms. The molecule has 1 aromatic rings. The van der Waals surface area contributed by atoms with Crippen molar-refractivity contribution >= 4 is 11.3 Å². The van der Waals surface area contributed by atoms with Gasteiger partial charge in [0.25, 0.3) is 0 Å². The maximum absolute atomic E-state index is 10.3. The summed E-state index contributed by atoms with van der Waals surface area (Å²) in [5.74, 6) is 0. The minimum Gasteiger partial charge on any atom is -0.389 e. The Morgan fingerprint density at radius 2 is 2.20 bits per heavy atom. The van der Waals surface area contributed by atoms with Crippen LogP contribution in [0.1, 0.15) is 54.5 Å². The molecule has 0 aromatic carbocycles. The first-order valence-electron chi connectivity index (χ1n) is 7.58. The van der Waals surface area contributed by atoms with Crippen LogP contribution in [0.3, 0.4) is 0 Å². The third-order valence-corrected chi connectivity index (χ3v) is 5.50. The third kappa shape index (κ3) is 4.29. The highest BCUT2D eigenvalue weighted by Crippen LogP contribution is 2.32. The highest BCUT2D eigenvalue weighted by Gasteiger charge is 2.22. The predicted molar refractivity (Wildman–Crippen MR) is 84.5 cm³/mol. The molecule has 0 amide bonds. The molecule has 4 heteroatoms. The number of methoxy groups -OCH3 is 1. The van der Waals surface area contributed by atoms with Crippen molar-refractivity contribution in [2.75, 3.05) is 20.3 Å². The van der Waals surface area contributed by atoms with Crippen LogP contribution in [0.25, 0.3) is 0 Å². The topological polar surface area (TPSA) is 41.5 Å². The van der Waals surface area contributed by atoms with Crippen molar-refractivity contribution in [2.45, 2.75) is 57.6 Å².